The Hall–Kier alpha value is -5.06. The summed E-state index contributed by atoms with van der Waals surface area (Å²) in [7, 11) is -1.90. The van der Waals surface area contributed by atoms with E-state index in [0.717, 1.165) is 53.2 Å². The van der Waals surface area contributed by atoms with Crippen LogP contribution in [0.5, 0.6) is 0 Å². The van der Waals surface area contributed by atoms with Gasteiger partial charge in [0.15, 0.2) is 5.82 Å². The van der Waals surface area contributed by atoms with Gasteiger partial charge in [0.1, 0.15) is 11.5 Å². The van der Waals surface area contributed by atoms with E-state index in [1.54, 1.807) is 17.0 Å². The molecule has 0 saturated carbocycles. The molecule has 0 atom stereocenters. The Balaban J connectivity index is 1.02. The Morgan fingerprint density at radius 2 is 1.77 bits per heavy atom. The number of thioether (sulfide) groups is 1. The van der Waals surface area contributed by atoms with E-state index >= 15 is 0 Å². The van der Waals surface area contributed by atoms with Crippen LogP contribution >= 0.6 is 11.8 Å². The van der Waals surface area contributed by atoms with Crippen LogP contribution in [-0.4, -0.2) is 49.5 Å². The summed E-state index contributed by atoms with van der Waals surface area (Å²) in [5, 5.41) is 11.0. The summed E-state index contributed by atoms with van der Waals surface area (Å²) >= 11 is 1.45. The maximum atomic E-state index is 13.2. The molecule has 0 radical (unpaired) electrons. The molecule has 0 bridgehead atoms. The van der Waals surface area contributed by atoms with Crippen LogP contribution in [0.15, 0.2) is 59.1 Å². The number of imidazole rings is 1. The lowest BCUT2D eigenvalue weighted by atomic mass is 10.1. The molecule has 5 aromatic rings. The minimum atomic E-state index is -3.79. The molecule has 2 aliphatic rings. The smallest absolute Gasteiger partial charge is 0.327 e. The Kier molecular flexibility index (Phi) is 10.1. The number of aryl methyl sites for hydroxylation is 3. The first-order valence-corrected chi connectivity index (χ1v) is 20.1. The lowest BCUT2D eigenvalue weighted by Crippen LogP contribution is -2.43. The largest absolute Gasteiger partial charge is 0.327 e. The molecule has 3 aromatic heterocycles. The predicted octanol–water partition coefficient (Wildman–Crippen LogP) is 5.56. The van der Waals surface area contributed by atoms with Crippen molar-refractivity contribution in [2.24, 2.45) is 7.05 Å². The molecule has 3 N–H and O–H groups in total. The Labute approximate surface area is 312 Å². The summed E-state index contributed by atoms with van der Waals surface area (Å²) in [6.45, 7) is 10.7. The normalized spacial score (nSPS) is 14.6. The number of carbonyl (C=O) groups is 2. The van der Waals surface area contributed by atoms with Crippen LogP contribution in [0.1, 0.15) is 77.8 Å². The highest BCUT2D eigenvalue weighted by atomic mass is 32.2. The average molecular weight is 755 g/mol. The summed E-state index contributed by atoms with van der Waals surface area (Å²) in [6.07, 6.45) is 4.85. The quantitative estimate of drug-likeness (QED) is 0.138. The summed E-state index contributed by atoms with van der Waals surface area (Å²) in [5.41, 5.74) is 7.48. The lowest BCUT2D eigenvalue weighted by Gasteiger charge is -2.28. The molecule has 14 nitrogen and oxygen atoms in total. The summed E-state index contributed by atoms with van der Waals surface area (Å²) in [4.78, 5) is 41.1. The van der Waals surface area contributed by atoms with E-state index in [2.05, 4.69) is 40.8 Å². The number of amides is 3. The van der Waals surface area contributed by atoms with Gasteiger partial charge in [0.25, 0.3) is 5.78 Å². The van der Waals surface area contributed by atoms with Crippen LogP contribution < -0.4 is 20.3 Å². The fourth-order valence-electron chi connectivity index (χ4n) is 6.70. The molecule has 0 unspecified atom stereocenters. The topological polar surface area (TPSA) is 169 Å². The number of anilines is 2. The van der Waals surface area contributed by atoms with Gasteiger partial charge in [0, 0.05) is 37.1 Å². The number of benzene rings is 2. The minimum absolute atomic E-state index is 0.0657. The van der Waals surface area contributed by atoms with Crippen LogP contribution in [0, 0.1) is 13.8 Å². The third kappa shape index (κ3) is 7.43. The second kappa shape index (κ2) is 14.8. The lowest BCUT2D eigenvalue weighted by molar-refractivity contribution is -0.116. The molecular weight excluding hydrogens is 713 g/mol. The number of urea groups is 1. The van der Waals surface area contributed by atoms with Gasteiger partial charge < -0.3 is 15.2 Å². The van der Waals surface area contributed by atoms with E-state index in [9.17, 15) is 18.0 Å². The maximum absolute atomic E-state index is 13.2. The van der Waals surface area contributed by atoms with E-state index in [1.165, 1.54) is 23.4 Å². The third-order valence-electron chi connectivity index (χ3n) is 9.70. The zero-order valence-corrected chi connectivity index (χ0v) is 31.8. The first kappa shape index (κ1) is 36.3. The van der Waals surface area contributed by atoms with Crippen molar-refractivity contribution in [2.75, 3.05) is 10.2 Å². The number of nitrogens with one attached hydrogen (secondary N) is 3. The highest BCUT2D eigenvalue weighted by molar-refractivity contribution is 7.98. The number of unbranched alkanes of at least 4 members (excludes halogenated alkanes) is 1. The Morgan fingerprint density at radius 1 is 1.00 bits per heavy atom. The summed E-state index contributed by atoms with van der Waals surface area (Å²) < 4.78 is 32.7. The van der Waals surface area contributed by atoms with Crippen molar-refractivity contribution in [1.29, 1.82) is 0 Å². The zero-order valence-electron chi connectivity index (χ0n) is 30.2. The molecule has 5 heterocycles. The second-order valence-electron chi connectivity index (χ2n) is 13.4. The fraction of sp³-hybridized carbons (Fsp3) is 0.351. The first-order chi connectivity index (χ1) is 25.4. The molecular formula is C37H42N10O4S2. The molecule has 3 amide bonds. The third-order valence-corrected chi connectivity index (χ3v) is 11.9. The van der Waals surface area contributed by atoms with E-state index in [4.69, 9.17) is 15.1 Å². The number of fused-ring (bicyclic) bond motifs is 3. The standard InChI is InChI=1S/C37H42N10O4S2/c1-6-7-10-29-22(2)39-35-43-36(44-47(35)24(29)4)52-21-31-42-34-33(45(31)5)23(3)40-37(49)46(34)20-26-14-12-25(13-15-26)19-38-53(50,51)28-16-17-30-27(18-28)9-8-11-32(48)41-30/h12-18,38H,3,6-11,19-21H2,1-2,4-5H3,(H,40,49)(H,41,48). The maximum Gasteiger partial charge on any atom is 0.327 e. The number of hydrogen-bond donors (Lipinski definition) is 3. The molecule has 2 aliphatic heterocycles. The Bertz CT molecular complexity index is 2370. The van der Waals surface area contributed by atoms with E-state index < -0.39 is 10.0 Å². The summed E-state index contributed by atoms with van der Waals surface area (Å²) in [5.74, 6) is 2.20. The van der Waals surface area contributed by atoms with E-state index in [1.807, 2.05) is 47.3 Å². The number of rotatable bonds is 12. The van der Waals surface area contributed by atoms with Crippen molar-refractivity contribution < 1.29 is 18.0 Å². The van der Waals surface area contributed by atoms with Crippen molar-refractivity contribution in [3.8, 4) is 0 Å². The number of sulfonamides is 1. The highest BCUT2D eigenvalue weighted by Gasteiger charge is 2.32. The average Bonchev–Trinajstić information content (AvgIpc) is 3.63. The van der Waals surface area contributed by atoms with Crippen molar-refractivity contribution in [1.82, 2.24) is 39.2 Å². The van der Waals surface area contributed by atoms with Crippen molar-refractivity contribution in [3.63, 3.8) is 0 Å². The van der Waals surface area contributed by atoms with Crippen molar-refractivity contribution >= 4 is 56.7 Å². The number of hydrogen-bond acceptors (Lipinski definition) is 9. The van der Waals surface area contributed by atoms with Crippen molar-refractivity contribution in [3.05, 3.63) is 94.2 Å². The number of aromatic nitrogens is 6. The van der Waals surface area contributed by atoms with Gasteiger partial charge in [-0.25, -0.2) is 32.4 Å². The summed E-state index contributed by atoms with van der Waals surface area (Å²) in [6, 6.07) is 11.8. The van der Waals surface area contributed by atoms with Gasteiger partial charge in [-0.1, -0.05) is 56.0 Å². The van der Waals surface area contributed by atoms with Crippen LogP contribution in [0.25, 0.3) is 11.5 Å². The van der Waals surface area contributed by atoms with Gasteiger partial charge in [-0.05, 0) is 80.0 Å². The van der Waals surface area contributed by atoms with Crippen LogP contribution in [-0.2, 0) is 53.5 Å². The molecule has 53 heavy (non-hydrogen) atoms. The van der Waals surface area contributed by atoms with Crippen LogP contribution in [0.4, 0.5) is 16.3 Å². The monoisotopic (exact) mass is 754 g/mol. The zero-order chi connectivity index (χ0) is 37.4. The number of nitrogens with zero attached hydrogens (tertiary/aromatic N) is 7. The molecule has 0 fully saturated rings. The Morgan fingerprint density at radius 3 is 2.55 bits per heavy atom. The van der Waals surface area contributed by atoms with Gasteiger partial charge in [0.05, 0.1) is 22.9 Å². The van der Waals surface area contributed by atoms with Crippen molar-refractivity contribution in [2.45, 2.75) is 88.2 Å². The first-order valence-electron chi connectivity index (χ1n) is 17.6. The minimum Gasteiger partial charge on any atom is -0.327 e. The molecule has 0 saturated heterocycles. The molecule has 276 valence electrons. The van der Waals surface area contributed by atoms with E-state index in [-0.39, 0.29) is 29.9 Å². The van der Waals surface area contributed by atoms with Gasteiger partial charge in [-0.15, -0.1) is 5.10 Å². The molecule has 16 heteroatoms. The SMILES string of the molecule is C=C1NC(=O)N(Cc2ccc(CNS(=O)(=O)c3ccc4c(c3)CCCC(=O)N4)cc2)c2nc(CSc3nc4nc(C)c(CCCC)c(C)n4n3)n(C)c21. The van der Waals surface area contributed by atoms with E-state index in [0.29, 0.717) is 58.8 Å². The van der Waals surface area contributed by atoms with Gasteiger partial charge in [-0.3, -0.25) is 9.69 Å². The van der Waals surface area contributed by atoms with Gasteiger partial charge >= 0.3 is 6.03 Å². The van der Waals surface area contributed by atoms with Gasteiger partial charge in [0.2, 0.25) is 21.1 Å². The second-order valence-corrected chi connectivity index (χ2v) is 16.1. The molecule has 0 spiro atoms. The fourth-order valence-corrected chi connectivity index (χ4v) is 8.57. The van der Waals surface area contributed by atoms with Gasteiger partial charge in [-0.2, -0.15) is 4.98 Å². The highest BCUT2D eigenvalue weighted by Crippen LogP contribution is 2.33. The van der Waals surface area contributed by atoms with Crippen LogP contribution in [0.3, 0.4) is 0 Å². The van der Waals surface area contributed by atoms with Crippen LogP contribution in [0.2, 0.25) is 0 Å². The molecule has 0 aliphatic carbocycles. The molecule has 2 aromatic carbocycles. The predicted molar refractivity (Wildman–Crippen MR) is 204 cm³/mol. The molecule has 7 rings (SSSR count). The number of carbonyl (C=O) groups excluding carboxylic acids is 2.